The average molecular weight is 364 g/mol. The summed E-state index contributed by atoms with van der Waals surface area (Å²) in [6, 6.07) is 0.775. The standard InChI is InChI=1S/C19H33N5O2/c1-13(25)24-8-6-16(7-9-24)21-19(20-12-18(26)23(2)3)22-17-11-14-4-5-15(17)10-14/h14-17H,4-12H2,1-3H3,(H2,20,21,22). The fourth-order valence-electron chi connectivity index (χ4n) is 4.55. The Kier molecular flexibility index (Phi) is 6.04. The molecule has 2 saturated carbocycles. The second-order valence-corrected chi connectivity index (χ2v) is 8.30. The van der Waals surface area contributed by atoms with Crippen LogP contribution in [-0.2, 0) is 9.59 Å². The van der Waals surface area contributed by atoms with Crippen LogP contribution in [0.1, 0.15) is 45.4 Å². The number of fused-ring (bicyclic) bond motifs is 2. The van der Waals surface area contributed by atoms with Gasteiger partial charge in [-0.05, 0) is 43.9 Å². The van der Waals surface area contributed by atoms with Crippen molar-refractivity contribution in [3.05, 3.63) is 0 Å². The summed E-state index contributed by atoms with van der Waals surface area (Å²) in [5, 5.41) is 7.14. The van der Waals surface area contributed by atoms with E-state index >= 15 is 0 Å². The van der Waals surface area contributed by atoms with Crippen molar-refractivity contribution in [2.75, 3.05) is 33.7 Å². The van der Waals surface area contributed by atoms with E-state index in [1.54, 1.807) is 25.9 Å². The number of aliphatic imine (C=N–C) groups is 1. The number of carbonyl (C=O) groups excluding carboxylic acids is 2. The van der Waals surface area contributed by atoms with Crippen LogP contribution in [0.3, 0.4) is 0 Å². The zero-order valence-electron chi connectivity index (χ0n) is 16.3. The molecule has 0 spiro atoms. The van der Waals surface area contributed by atoms with Crippen LogP contribution in [0.15, 0.2) is 4.99 Å². The fraction of sp³-hybridized carbons (Fsp3) is 0.842. The van der Waals surface area contributed by atoms with Gasteiger partial charge in [0.2, 0.25) is 11.8 Å². The summed E-state index contributed by atoms with van der Waals surface area (Å²) in [6.07, 6.45) is 7.06. The van der Waals surface area contributed by atoms with Crippen molar-refractivity contribution < 1.29 is 9.59 Å². The number of rotatable bonds is 4. The number of guanidine groups is 1. The van der Waals surface area contributed by atoms with E-state index in [4.69, 9.17) is 0 Å². The van der Waals surface area contributed by atoms with Crippen molar-refractivity contribution in [1.82, 2.24) is 20.4 Å². The van der Waals surface area contributed by atoms with Gasteiger partial charge in [0, 0.05) is 46.2 Å². The second-order valence-electron chi connectivity index (χ2n) is 8.30. The lowest BCUT2D eigenvalue weighted by molar-refractivity contribution is -0.130. The van der Waals surface area contributed by atoms with Crippen molar-refractivity contribution in [3.63, 3.8) is 0 Å². The lowest BCUT2D eigenvalue weighted by Crippen LogP contribution is -2.52. The molecule has 0 aromatic rings. The number of carbonyl (C=O) groups is 2. The molecule has 1 aliphatic heterocycles. The maximum absolute atomic E-state index is 11.9. The maximum atomic E-state index is 11.9. The van der Waals surface area contributed by atoms with Crippen LogP contribution >= 0.6 is 0 Å². The summed E-state index contributed by atoms with van der Waals surface area (Å²) < 4.78 is 0. The van der Waals surface area contributed by atoms with Gasteiger partial charge in [0.1, 0.15) is 6.54 Å². The zero-order valence-corrected chi connectivity index (χ0v) is 16.3. The molecule has 146 valence electrons. The molecular weight excluding hydrogens is 330 g/mol. The molecule has 3 aliphatic rings. The van der Waals surface area contributed by atoms with Crippen LogP contribution in [0, 0.1) is 11.8 Å². The summed E-state index contributed by atoms with van der Waals surface area (Å²) >= 11 is 0. The van der Waals surface area contributed by atoms with Gasteiger partial charge in [-0.15, -0.1) is 0 Å². The van der Waals surface area contributed by atoms with E-state index in [1.807, 2.05) is 4.90 Å². The Bertz CT molecular complexity index is 554. The van der Waals surface area contributed by atoms with Crippen molar-refractivity contribution >= 4 is 17.8 Å². The van der Waals surface area contributed by atoms with Crippen LogP contribution < -0.4 is 10.6 Å². The third kappa shape index (κ3) is 4.68. The second kappa shape index (κ2) is 8.27. The SMILES string of the molecule is CC(=O)N1CCC(NC(=NCC(=O)N(C)C)NC2CC3CCC2C3)CC1. The van der Waals surface area contributed by atoms with Crippen LogP contribution in [0.25, 0.3) is 0 Å². The summed E-state index contributed by atoms with van der Waals surface area (Å²) in [4.78, 5) is 31.5. The fourth-order valence-corrected chi connectivity index (χ4v) is 4.55. The minimum absolute atomic E-state index is 0.00504. The number of likely N-dealkylation sites (N-methyl/N-ethyl adjacent to an activating group) is 1. The summed E-state index contributed by atoms with van der Waals surface area (Å²) in [5.74, 6) is 2.52. The van der Waals surface area contributed by atoms with Gasteiger partial charge in [0.25, 0.3) is 0 Å². The Hall–Kier alpha value is -1.79. The van der Waals surface area contributed by atoms with Crippen LogP contribution in [0.2, 0.25) is 0 Å². The third-order valence-corrected chi connectivity index (χ3v) is 6.21. The Morgan fingerprint density at radius 2 is 1.81 bits per heavy atom. The Morgan fingerprint density at radius 3 is 2.35 bits per heavy atom. The van der Waals surface area contributed by atoms with E-state index in [2.05, 4.69) is 15.6 Å². The molecule has 3 atom stereocenters. The molecular formula is C19H33N5O2. The maximum Gasteiger partial charge on any atom is 0.243 e. The van der Waals surface area contributed by atoms with E-state index < -0.39 is 0 Å². The summed E-state index contributed by atoms with van der Waals surface area (Å²) in [6.45, 7) is 3.36. The molecule has 7 nitrogen and oxygen atoms in total. The van der Waals surface area contributed by atoms with E-state index in [0.717, 1.165) is 43.7 Å². The Balaban J connectivity index is 1.58. The third-order valence-electron chi connectivity index (χ3n) is 6.21. The minimum Gasteiger partial charge on any atom is -0.354 e. The first-order valence-electron chi connectivity index (χ1n) is 9.95. The monoisotopic (exact) mass is 363 g/mol. The molecule has 26 heavy (non-hydrogen) atoms. The van der Waals surface area contributed by atoms with Gasteiger partial charge >= 0.3 is 0 Å². The zero-order chi connectivity index (χ0) is 18.7. The van der Waals surface area contributed by atoms with Gasteiger partial charge in [-0.3, -0.25) is 9.59 Å². The minimum atomic E-state index is 0.00504. The van der Waals surface area contributed by atoms with Gasteiger partial charge in [-0.25, -0.2) is 4.99 Å². The molecule has 0 aromatic carbocycles. The van der Waals surface area contributed by atoms with Crippen LogP contribution in [-0.4, -0.2) is 73.4 Å². The van der Waals surface area contributed by atoms with Gasteiger partial charge in [0.05, 0.1) is 0 Å². The predicted octanol–water partition coefficient (Wildman–Crippen LogP) is 0.809. The molecule has 0 aromatic heterocycles. The van der Waals surface area contributed by atoms with Crippen LogP contribution in [0.4, 0.5) is 0 Å². The highest BCUT2D eigenvalue weighted by Gasteiger charge is 2.40. The number of amides is 2. The molecule has 0 radical (unpaired) electrons. The van der Waals surface area contributed by atoms with Gasteiger partial charge in [-0.2, -0.15) is 0 Å². The lowest BCUT2D eigenvalue weighted by Gasteiger charge is -2.33. The van der Waals surface area contributed by atoms with Gasteiger partial charge in [0.15, 0.2) is 5.96 Å². The van der Waals surface area contributed by atoms with E-state index in [0.29, 0.717) is 12.1 Å². The van der Waals surface area contributed by atoms with E-state index in [9.17, 15) is 9.59 Å². The van der Waals surface area contributed by atoms with E-state index in [1.165, 1.54) is 25.7 Å². The number of nitrogens with zero attached hydrogens (tertiary/aromatic N) is 3. The molecule has 7 heteroatoms. The predicted molar refractivity (Wildman–Crippen MR) is 102 cm³/mol. The topological polar surface area (TPSA) is 77.0 Å². The smallest absolute Gasteiger partial charge is 0.243 e. The van der Waals surface area contributed by atoms with E-state index in [-0.39, 0.29) is 18.4 Å². The molecule has 2 aliphatic carbocycles. The van der Waals surface area contributed by atoms with Crippen molar-refractivity contribution in [2.24, 2.45) is 16.8 Å². The molecule has 1 saturated heterocycles. The number of likely N-dealkylation sites (tertiary alicyclic amines) is 1. The molecule has 1 heterocycles. The molecule has 3 fully saturated rings. The van der Waals surface area contributed by atoms with Crippen molar-refractivity contribution in [3.8, 4) is 0 Å². The molecule has 2 bridgehead atoms. The first-order valence-corrected chi connectivity index (χ1v) is 9.95. The Morgan fingerprint density at radius 1 is 1.08 bits per heavy atom. The molecule has 2 N–H and O–H groups in total. The highest BCUT2D eigenvalue weighted by Crippen LogP contribution is 2.44. The highest BCUT2D eigenvalue weighted by molar-refractivity contribution is 5.85. The summed E-state index contributed by atoms with van der Waals surface area (Å²) in [5.41, 5.74) is 0. The van der Waals surface area contributed by atoms with Gasteiger partial charge < -0.3 is 20.4 Å². The number of hydrogen-bond donors (Lipinski definition) is 2. The Labute approximate surface area is 156 Å². The quantitative estimate of drug-likeness (QED) is 0.572. The molecule has 3 unspecified atom stereocenters. The highest BCUT2D eigenvalue weighted by atomic mass is 16.2. The number of nitrogens with one attached hydrogen (secondary N) is 2. The summed E-state index contributed by atoms with van der Waals surface area (Å²) in [7, 11) is 3.51. The average Bonchev–Trinajstić information content (AvgIpc) is 3.22. The molecule has 3 rings (SSSR count). The normalized spacial score (nSPS) is 29.0. The molecule has 2 amide bonds. The first kappa shape index (κ1) is 19.0. The van der Waals surface area contributed by atoms with Gasteiger partial charge in [-0.1, -0.05) is 6.42 Å². The first-order chi connectivity index (χ1) is 12.4. The lowest BCUT2D eigenvalue weighted by atomic mass is 9.95. The van der Waals surface area contributed by atoms with Crippen LogP contribution in [0.5, 0.6) is 0 Å². The van der Waals surface area contributed by atoms with Crippen molar-refractivity contribution in [2.45, 2.75) is 57.5 Å². The van der Waals surface area contributed by atoms with Crippen molar-refractivity contribution in [1.29, 1.82) is 0 Å². The number of piperidine rings is 1. The largest absolute Gasteiger partial charge is 0.354 e. The number of hydrogen-bond acceptors (Lipinski definition) is 3.